The molecule has 0 aliphatic rings. The monoisotopic (exact) mass is 652 g/mol. The van der Waals surface area contributed by atoms with E-state index in [0.29, 0.717) is 40.9 Å². The lowest BCUT2D eigenvalue weighted by molar-refractivity contribution is -0.119. The summed E-state index contributed by atoms with van der Waals surface area (Å²) >= 11 is 6.24. The largest absolute Gasteiger partial charge is 0.370 e. The minimum atomic E-state index is -0.539. The van der Waals surface area contributed by atoms with Gasteiger partial charge in [0.15, 0.2) is 11.8 Å². The Bertz CT molecular complexity index is 1730. The molecule has 0 fully saturated rings. The van der Waals surface area contributed by atoms with Gasteiger partial charge < -0.3 is 38.6 Å². The average molecular weight is 653 g/mol. The molecule has 0 saturated carbocycles. The van der Waals surface area contributed by atoms with Gasteiger partial charge in [0, 0.05) is 35.8 Å². The smallest absolute Gasteiger partial charge is 0.354 e. The summed E-state index contributed by atoms with van der Waals surface area (Å²) in [4.78, 5) is 36.0. The zero-order valence-electron chi connectivity index (χ0n) is 26.0. The minimum absolute atomic E-state index is 0.0201. The molecule has 3 atom stereocenters. The molecule has 2 heterocycles. The molecule has 11 N–H and O–H groups in total. The van der Waals surface area contributed by atoms with Crippen molar-refractivity contribution in [1.29, 1.82) is 0 Å². The highest BCUT2D eigenvalue weighted by Crippen LogP contribution is 2.31. The number of aromatic amines is 1. The van der Waals surface area contributed by atoms with Crippen LogP contribution in [0.15, 0.2) is 58.4 Å². The fraction of sp³-hybridized carbons (Fsp3) is 0.375. The number of hydrogen-bond acceptors (Lipinski definition) is 7. The summed E-state index contributed by atoms with van der Waals surface area (Å²) in [6, 6.07) is 12.5. The molecule has 2 aromatic carbocycles. The molecule has 0 unspecified atom stereocenters. The number of aromatic nitrogens is 3. The molecule has 0 aliphatic heterocycles. The van der Waals surface area contributed by atoms with Gasteiger partial charge >= 0.3 is 5.69 Å². The molecule has 0 spiro atoms. The van der Waals surface area contributed by atoms with E-state index in [1.54, 1.807) is 24.4 Å². The number of carbonyl (C=O) groups is 1. The minimum Gasteiger partial charge on any atom is -0.370 e. The maximum atomic E-state index is 15.1. The molecular weight excluding hydrogens is 611 g/mol. The fourth-order valence-electron chi connectivity index (χ4n) is 5.17. The van der Waals surface area contributed by atoms with Crippen molar-refractivity contribution in [2.75, 3.05) is 19.6 Å². The molecule has 246 valence electrons. The van der Waals surface area contributed by atoms with E-state index in [0.717, 1.165) is 30.4 Å². The first-order chi connectivity index (χ1) is 21.9. The van der Waals surface area contributed by atoms with Gasteiger partial charge in [0.05, 0.1) is 29.0 Å². The number of aryl methyl sites for hydroxylation is 1. The van der Waals surface area contributed by atoms with E-state index in [-0.39, 0.29) is 48.1 Å². The predicted molar refractivity (Wildman–Crippen MR) is 181 cm³/mol. The second-order valence-electron chi connectivity index (χ2n) is 11.5. The number of benzene rings is 2. The number of fused-ring (bicyclic) bond motifs is 1. The van der Waals surface area contributed by atoms with Crippen LogP contribution < -0.4 is 39.3 Å². The molecule has 1 amide bonds. The third-order valence-corrected chi connectivity index (χ3v) is 7.94. The zero-order valence-corrected chi connectivity index (χ0v) is 26.8. The SMILES string of the molecule is C[C@H](N)CCCc1cc(Cl)c(F)c(-c2cc3cn(-c4ccc([C@H](C)NCC[C@@H](CNC(=O)CN)N=C(N)N)cc4)c(=O)nc3[nH]2)c1. The summed E-state index contributed by atoms with van der Waals surface area (Å²) in [7, 11) is 0. The lowest BCUT2D eigenvalue weighted by Crippen LogP contribution is -2.38. The first kappa shape index (κ1) is 34.6. The molecule has 0 radical (unpaired) electrons. The number of carbonyl (C=O) groups excluding carboxylic acids is 1. The number of rotatable bonds is 15. The molecule has 0 saturated heterocycles. The van der Waals surface area contributed by atoms with Crippen LogP contribution >= 0.6 is 11.6 Å². The first-order valence-electron chi connectivity index (χ1n) is 15.2. The highest BCUT2D eigenvalue weighted by atomic mass is 35.5. The standard InChI is InChI=1S/C32H42ClFN10O2/c1-18(36)4-3-5-20-12-25(29(34)26(33)13-20)27-14-22-17-44(32(46)43-30(22)42-27)24-8-6-21(7-9-24)19(2)39-11-10-23(41-31(37)38)16-40-28(45)15-35/h6-9,12-14,17-19,23,39H,3-5,10-11,15-16,35-36H2,1-2H3,(H,40,45)(H4,37,38,41)(H,42,43,46)/t18-,19-,23-/m0/s1. The molecular formula is C32H42ClFN10O2. The molecule has 0 bridgehead atoms. The van der Waals surface area contributed by atoms with E-state index in [2.05, 4.69) is 25.6 Å². The van der Waals surface area contributed by atoms with Crippen LogP contribution in [-0.2, 0) is 11.2 Å². The van der Waals surface area contributed by atoms with E-state index < -0.39 is 11.5 Å². The third-order valence-electron chi connectivity index (χ3n) is 7.66. The van der Waals surface area contributed by atoms with E-state index in [9.17, 15) is 9.59 Å². The maximum absolute atomic E-state index is 15.1. The van der Waals surface area contributed by atoms with Gasteiger partial charge in [0.25, 0.3) is 0 Å². The van der Waals surface area contributed by atoms with Crippen LogP contribution in [0.4, 0.5) is 4.39 Å². The van der Waals surface area contributed by atoms with Gasteiger partial charge in [-0.1, -0.05) is 23.7 Å². The van der Waals surface area contributed by atoms with E-state index in [1.807, 2.05) is 38.1 Å². The number of nitrogens with zero attached hydrogens (tertiary/aromatic N) is 3. The Kier molecular flexibility index (Phi) is 11.9. The molecule has 2 aromatic heterocycles. The van der Waals surface area contributed by atoms with Crippen molar-refractivity contribution in [2.24, 2.45) is 27.9 Å². The molecule has 0 aliphatic carbocycles. The first-order valence-corrected chi connectivity index (χ1v) is 15.6. The van der Waals surface area contributed by atoms with Crippen LogP contribution in [0.2, 0.25) is 5.02 Å². The summed E-state index contributed by atoms with van der Waals surface area (Å²) < 4.78 is 16.6. The summed E-state index contributed by atoms with van der Waals surface area (Å²) in [5, 5.41) is 6.81. The van der Waals surface area contributed by atoms with Crippen molar-refractivity contribution >= 4 is 34.5 Å². The van der Waals surface area contributed by atoms with E-state index in [4.69, 9.17) is 34.5 Å². The number of hydrogen-bond donors (Lipinski definition) is 7. The van der Waals surface area contributed by atoms with Crippen LogP contribution in [0.5, 0.6) is 0 Å². The summed E-state index contributed by atoms with van der Waals surface area (Å²) in [5.41, 5.74) is 25.5. The Labute approximate surface area is 271 Å². The Morgan fingerprint density at radius 2 is 1.89 bits per heavy atom. The van der Waals surface area contributed by atoms with Crippen molar-refractivity contribution in [3.8, 4) is 16.9 Å². The second-order valence-corrected chi connectivity index (χ2v) is 11.9. The van der Waals surface area contributed by atoms with Crippen molar-refractivity contribution in [1.82, 2.24) is 25.2 Å². The van der Waals surface area contributed by atoms with Gasteiger partial charge in [-0.3, -0.25) is 9.36 Å². The van der Waals surface area contributed by atoms with Gasteiger partial charge in [-0.15, -0.1) is 0 Å². The molecule has 46 heavy (non-hydrogen) atoms. The Balaban J connectivity index is 1.46. The van der Waals surface area contributed by atoms with Crippen LogP contribution in [0, 0.1) is 5.82 Å². The van der Waals surface area contributed by atoms with Crippen molar-refractivity contribution in [3.63, 3.8) is 0 Å². The quantitative estimate of drug-likeness (QED) is 0.0748. The zero-order chi connectivity index (χ0) is 33.4. The lowest BCUT2D eigenvalue weighted by Gasteiger charge is -2.18. The number of amides is 1. The predicted octanol–water partition coefficient (Wildman–Crippen LogP) is 2.60. The van der Waals surface area contributed by atoms with E-state index >= 15 is 4.39 Å². The Morgan fingerprint density at radius 1 is 1.15 bits per heavy atom. The van der Waals surface area contributed by atoms with Gasteiger partial charge in [-0.05, 0) is 87.5 Å². The van der Waals surface area contributed by atoms with Crippen LogP contribution in [-0.4, -0.2) is 58.1 Å². The molecule has 4 rings (SSSR count). The van der Waals surface area contributed by atoms with Crippen LogP contribution in [0.1, 0.15) is 50.3 Å². The van der Waals surface area contributed by atoms with Crippen molar-refractivity contribution in [2.45, 2.75) is 57.7 Å². The van der Waals surface area contributed by atoms with Crippen LogP contribution in [0.25, 0.3) is 28.0 Å². The number of nitrogens with one attached hydrogen (secondary N) is 3. The normalized spacial score (nSPS) is 13.3. The molecule has 14 heteroatoms. The summed E-state index contributed by atoms with van der Waals surface area (Å²) in [6.45, 7) is 4.72. The van der Waals surface area contributed by atoms with Gasteiger partial charge in [-0.2, -0.15) is 4.98 Å². The fourth-order valence-corrected chi connectivity index (χ4v) is 5.41. The number of H-pyrrole nitrogens is 1. The van der Waals surface area contributed by atoms with Crippen molar-refractivity contribution < 1.29 is 9.18 Å². The Hall–Kier alpha value is -4.30. The highest BCUT2D eigenvalue weighted by Gasteiger charge is 2.16. The number of halogens is 2. The molecule has 12 nitrogen and oxygen atoms in total. The second kappa shape index (κ2) is 15.8. The maximum Gasteiger partial charge on any atom is 0.354 e. The van der Waals surface area contributed by atoms with E-state index in [1.165, 1.54) is 4.57 Å². The topological polar surface area (TPSA) is 208 Å². The molecule has 4 aromatic rings. The Morgan fingerprint density at radius 3 is 2.57 bits per heavy atom. The van der Waals surface area contributed by atoms with Crippen LogP contribution in [0.3, 0.4) is 0 Å². The van der Waals surface area contributed by atoms with Gasteiger partial charge in [-0.25, -0.2) is 14.2 Å². The number of aliphatic imine (C=N–C) groups is 1. The lowest BCUT2D eigenvalue weighted by atomic mass is 10.0. The highest BCUT2D eigenvalue weighted by molar-refractivity contribution is 6.31. The third kappa shape index (κ3) is 9.13. The number of guanidine groups is 1. The average Bonchev–Trinajstić information content (AvgIpc) is 3.42. The van der Waals surface area contributed by atoms with Gasteiger partial charge in [0.1, 0.15) is 5.65 Å². The van der Waals surface area contributed by atoms with Gasteiger partial charge in [0.2, 0.25) is 5.91 Å². The number of nitrogens with two attached hydrogens (primary N) is 4. The van der Waals surface area contributed by atoms with Crippen molar-refractivity contribution in [3.05, 3.63) is 81.1 Å². The summed E-state index contributed by atoms with van der Waals surface area (Å²) in [5.74, 6) is -0.873. The summed E-state index contributed by atoms with van der Waals surface area (Å²) in [6.07, 6.45) is 4.69.